The number of hydrogen-bond donors (Lipinski definition) is 1. The molecule has 0 aliphatic carbocycles. The summed E-state index contributed by atoms with van der Waals surface area (Å²) >= 11 is 0. The van der Waals surface area contributed by atoms with Crippen LogP contribution in [-0.2, 0) is 4.74 Å². The monoisotopic (exact) mass is 265 g/mol. The van der Waals surface area contributed by atoms with Crippen molar-refractivity contribution in [3.63, 3.8) is 0 Å². The molecule has 0 aromatic carbocycles. The van der Waals surface area contributed by atoms with Crippen LogP contribution in [0.25, 0.3) is 0 Å². The van der Waals surface area contributed by atoms with Crippen LogP contribution < -0.4 is 10.5 Å². The number of esters is 1. The van der Waals surface area contributed by atoms with E-state index in [9.17, 15) is 9.59 Å². The van der Waals surface area contributed by atoms with Crippen LogP contribution >= 0.6 is 0 Å². The number of ether oxygens (including phenoxy) is 1. The zero-order valence-corrected chi connectivity index (χ0v) is 11.3. The minimum atomic E-state index is -0.630. The van der Waals surface area contributed by atoms with Gasteiger partial charge in [0.2, 0.25) is 5.95 Å². The fourth-order valence-electron chi connectivity index (χ4n) is 2.12. The molecule has 1 aliphatic rings. The van der Waals surface area contributed by atoms with Gasteiger partial charge in [-0.25, -0.2) is 9.78 Å². The molecule has 0 saturated carbocycles. The van der Waals surface area contributed by atoms with E-state index in [4.69, 9.17) is 4.74 Å². The average molecular weight is 265 g/mol. The lowest BCUT2D eigenvalue weighted by atomic mass is 10.00. The molecular weight excluding hydrogens is 246 g/mol. The van der Waals surface area contributed by atoms with Gasteiger partial charge in [0, 0.05) is 13.1 Å². The summed E-state index contributed by atoms with van der Waals surface area (Å²) < 4.78 is 4.80. The van der Waals surface area contributed by atoms with Gasteiger partial charge in [0.1, 0.15) is 5.56 Å². The first kappa shape index (κ1) is 13.6. The van der Waals surface area contributed by atoms with Gasteiger partial charge in [0.15, 0.2) is 0 Å². The Morgan fingerprint density at radius 3 is 2.79 bits per heavy atom. The third-order valence-corrected chi connectivity index (χ3v) is 3.36. The Balaban J connectivity index is 2.15. The molecular formula is C13H19N3O3. The molecule has 2 heterocycles. The summed E-state index contributed by atoms with van der Waals surface area (Å²) in [7, 11) is 0. The number of carbonyl (C=O) groups excluding carboxylic acids is 1. The Kier molecular flexibility index (Phi) is 4.19. The number of aromatic nitrogens is 2. The van der Waals surface area contributed by atoms with E-state index in [1.807, 2.05) is 4.90 Å². The first-order valence-electron chi connectivity index (χ1n) is 6.63. The molecule has 0 atom stereocenters. The van der Waals surface area contributed by atoms with Crippen molar-refractivity contribution in [2.75, 3.05) is 24.6 Å². The molecule has 1 aromatic heterocycles. The third kappa shape index (κ3) is 3.13. The van der Waals surface area contributed by atoms with Crippen LogP contribution in [0.15, 0.2) is 11.0 Å². The highest BCUT2D eigenvalue weighted by Crippen LogP contribution is 2.18. The maximum Gasteiger partial charge on any atom is 0.345 e. The number of rotatable bonds is 3. The van der Waals surface area contributed by atoms with Crippen molar-refractivity contribution in [1.29, 1.82) is 0 Å². The van der Waals surface area contributed by atoms with Crippen molar-refractivity contribution in [2.24, 2.45) is 5.92 Å². The quantitative estimate of drug-likeness (QED) is 0.831. The van der Waals surface area contributed by atoms with E-state index in [-0.39, 0.29) is 12.2 Å². The summed E-state index contributed by atoms with van der Waals surface area (Å²) in [4.78, 5) is 32.2. The number of nitrogens with zero attached hydrogens (tertiary/aromatic N) is 2. The lowest BCUT2D eigenvalue weighted by Crippen LogP contribution is -2.35. The highest BCUT2D eigenvalue weighted by Gasteiger charge is 2.19. The fraction of sp³-hybridized carbons (Fsp3) is 0.615. The summed E-state index contributed by atoms with van der Waals surface area (Å²) in [6.07, 6.45) is 3.47. The Bertz CT molecular complexity index is 504. The maximum absolute atomic E-state index is 11.8. The number of anilines is 1. The second-order valence-corrected chi connectivity index (χ2v) is 4.84. The Hall–Kier alpha value is -1.85. The predicted molar refractivity (Wildman–Crippen MR) is 71.4 cm³/mol. The van der Waals surface area contributed by atoms with Gasteiger partial charge in [-0.15, -0.1) is 0 Å². The van der Waals surface area contributed by atoms with Gasteiger partial charge >= 0.3 is 5.97 Å². The van der Waals surface area contributed by atoms with Crippen molar-refractivity contribution in [2.45, 2.75) is 26.7 Å². The van der Waals surface area contributed by atoms with Crippen molar-refractivity contribution in [3.8, 4) is 0 Å². The summed E-state index contributed by atoms with van der Waals surface area (Å²) in [5, 5.41) is 0. The predicted octanol–water partition coefficient (Wildman–Crippen LogP) is 1.18. The molecule has 104 valence electrons. The van der Waals surface area contributed by atoms with Crippen LogP contribution in [0.4, 0.5) is 5.95 Å². The number of piperidine rings is 1. The molecule has 0 radical (unpaired) electrons. The minimum Gasteiger partial charge on any atom is -0.462 e. The van der Waals surface area contributed by atoms with Gasteiger partial charge in [0.25, 0.3) is 5.56 Å². The smallest absolute Gasteiger partial charge is 0.345 e. The summed E-state index contributed by atoms with van der Waals surface area (Å²) in [6, 6.07) is 0. The van der Waals surface area contributed by atoms with Gasteiger partial charge in [0.05, 0.1) is 12.8 Å². The largest absolute Gasteiger partial charge is 0.462 e. The molecule has 0 amide bonds. The van der Waals surface area contributed by atoms with Gasteiger partial charge in [-0.2, -0.15) is 0 Å². The summed E-state index contributed by atoms with van der Waals surface area (Å²) in [5.74, 6) is 0.613. The molecule has 0 unspecified atom stereocenters. The van der Waals surface area contributed by atoms with Crippen molar-refractivity contribution < 1.29 is 9.53 Å². The molecule has 6 nitrogen and oxygen atoms in total. The summed E-state index contributed by atoms with van der Waals surface area (Å²) in [5.41, 5.74) is -0.488. The lowest BCUT2D eigenvalue weighted by Gasteiger charge is -2.30. The average Bonchev–Trinajstić information content (AvgIpc) is 2.39. The number of H-pyrrole nitrogens is 1. The topological polar surface area (TPSA) is 75.3 Å². The molecule has 1 saturated heterocycles. The highest BCUT2D eigenvalue weighted by molar-refractivity contribution is 5.88. The second-order valence-electron chi connectivity index (χ2n) is 4.84. The Morgan fingerprint density at radius 2 is 2.21 bits per heavy atom. The highest BCUT2D eigenvalue weighted by atomic mass is 16.5. The van der Waals surface area contributed by atoms with Crippen LogP contribution in [0.2, 0.25) is 0 Å². The SMILES string of the molecule is CCOC(=O)c1cnc(N2CCC(C)CC2)[nH]c1=O. The van der Waals surface area contributed by atoms with E-state index in [1.165, 1.54) is 6.20 Å². The van der Waals surface area contributed by atoms with Crippen LogP contribution in [-0.4, -0.2) is 35.6 Å². The van der Waals surface area contributed by atoms with E-state index in [2.05, 4.69) is 16.9 Å². The van der Waals surface area contributed by atoms with Crippen LogP contribution in [0, 0.1) is 5.92 Å². The van der Waals surface area contributed by atoms with E-state index >= 15 is 0 Å². The van der Waals surface area contributed by atoms with Gasteiger partial charge in [-0.1, -0.05) is 6.92 Å². The van der Waals surface area contributed by atoms with Crippen molar-refractivity contribution in [1.82, 2.24) is 9.97 Å². The molecule has 1 aromatic rings. The van der Waals surface area contributed by atoms with Crippen molar-refractivity contribution >= 4 is 11.9 Å². The number of hydrogen-bond acceptors (Lipinski definition) is 5. The first-order chi connectivity index (χ1) is 9.11. The van der Waals surface area contributed by atoms with E-state index in [0.717, 1.165) is 25.9 Å². The van der Waals surface area contributed by atoms with Crippen molar-refractivity contribution in [3.05, 3.63) is 22.1 Å². The van der Waals surface area contributed by atoms with Gasteiger partial charge in [-0.3, -0.25) is 9.78 Å². The standard InChI is InChI=1S/C13H19N3O3/c1-3-19-12(18)10-8-14-13(15-11(10)17)16-6-4-9(2)5-7-16/h8-9H,3-7H2,1-2H3,(H,14,15,17). The van der Waals surface area contributed by atoms with E-state index < -0.39 is 11.5 Å². The number of aromatic amines is 1. The van der Waals surface area contributed by atoms with Crippen LogP contribution in [0.3, 0.4) is 0 Å². The van der Waals surface area contributed by atoms with Crippen LogP contribution in [0.1, 0.15) is 37.0 Å². The number of nitrogens with one attached hydrogen (secondary N) is 1. The molecule has 1 fully saturated rings. The normalized spacial score (nSPS) is 16.4. The Morgan fingerprint density at radius 1 is 1.53 bits per heavy atom. The van der Waals surface area contributed by atoms with Gasteiger partial charge in [-0.05, 0) is 25.7 Å². The maximum atomic E-state index is 11.8. The molecule has 6 heteroatoms. The van der Waals surface area contributed by atoms with Gasteiger partial charge < -0.3 is 9.64 Å². The zero-order chi connectivity index (χ0) is 13.8. The Labute approximate surface area is 111 Å². The van der Waals surface area contributed by atoms with E-state index in [1.54, 1.807) is 6.92 Å². The molecule has 1 N–H and O–H groups in total. The molecule has 2 rings (SSSR count). The lowest BCUT2D eigenvalue weighted by molar-refractivity contribution is 0.0523. The van der Waals surface area contributed by atoms with Crippen LogP contribution in [0.5, 0.6) is 0 Å². The minimum absolute atomic E-state index is 0.0454. The zero-order valence-electron chi connectivity index (χ0n) is 11.3. The number of carbonyl (C=O) groups is 1. The fourth-order valence-corrected chi connectivity index (χ4v) is 2.12. The van der Waals surface area contributed by atoms with E-state index in [0.29, 0.717) is 11.9 Å². The summed E-state index contributed by atoms with van der Waals surface area (Å²) in [6.45, 7) is 5.91. The molecule has 19 heavy (non-hydrogen) atoms. The molecule has 1 aliphatic heterocycles. The second kappa shape index (κ2) is 5.86. The molecule has 0 bridgehead atoms. The molecule has 0 spiro atoms. The third-order valence-electron chi connectivity index (χ3n) is 3.36. The first-order valence-corrected chi connectivity index (χ1v) is 6.63.